The fourth-order valence-electron chi connectivity index (χ4n) is 5.70. The average molecular weight is 615 g/mol. The van der Waals surface area contributed by atoms with Crippen molar-refractivity contribution in [1.29, 1.82) is 0 Å². The minimum atomic E-state index is -0.926. The zero-order chi connectivity index (χ0) is 31.4. The third-order valence-electron chi connectivity index (χ3n) is 7.89. The van der Waals surface area contributed by atoms with Crippen LogP contribution in [-0.2, 0) is 19.1 Å². The quantitative estimate of drug-likeness (QED) is 0.154. The summed E-state index contributed by atoms with van der Waals surface area (Å²) >= 11 is 1.77. The van der Waals surface area contributed by atoms with Crippen LogP contribution >= 0.6 is 11.8 Å². The summed E-state index contributed by atoms with van der Waals surface area (Å²) in [4.78, 5) is 48.8. The normalized spacial score (nSPS) is 17.5. The lowest BCUT2D eigenvalue weighted by Crippen LogP contribution is -2.37. The molecular formula is C33H34N4O6S. The number of nitrogens with zero attached hydrogens (tertiary/aromatic N) is 4. The lowest BCUT2D eigenvalue weighted by atomic mass is 9.75. The van der Waals surface area contributed by atoms with Gasteiger partial charge in [0.25, 0.3) is 5.69 Å². The van der Waals surface area contributed by atoms with E-state index in [1.54, 1.807) is 31.7 Å². The van der Waals surface area contributed by atoms with E-state index in [-0.39, 0.29) is 17.9 Å². The first kappa shape index (κ1) is 31.0. The van der Waals surface area contributed by atoms with Crippen molar-refractivity contribution in [2.75, 3.05) is 45.3 Å². The van der Waals surface area contributed by atoms with Crippen LogP contribution in [0.2, 0.25) is 0 Å². The molecule has 0 saturated carbocycles. The topological polar surface area (TPSA) is 115 Å². The standard InChI is InChI=1S/C33H34N4O6S/c1-21-29(32(38)42-4)31(23-10-9-11-24(20-23)37(40)41)30(22(2)34-21)33(39)43-19-18-35(3)16-17-36-25-12-5-7-14-27(25)44-28-15-8-6-13-26(28)36/h5-15,20,29,31H,16-19H2,1-4H3. The van der Waals surface area contributed by atoms with Crippen molar-refractivity contribution < 1.29 is 24.0 Å². The number of likely N-dealkylation sites (N-methyl/N-ethyl adjacent to an activating group) is 1. The van der Waals surface area contributed by atoms with Crippen LogP contribution in [0.5, 0.6) is 0 Å². The van der Waals surface area contributed by atoms with Gasteiger partial charge in [-0.3, -0.25) is 19.9 Å². The summed E-state index contributed by atoms with van der Waals surface area (Å²) in [7, 11) is 3.24. The van der Waals surface area contributed by atoms with Crippen molar-refractivity contribution in [3.8, 4) is 0 Å². The molecule has 0 fully saturated rings. The van der Waals surface area contributed by atoms with E-state index >= 15 is 0 Å². The Labute approximate surface area is 260 Å². The van der Waals surface area contributed by atoms with Crippen LogP contribution in [0.25, 0.3) is 0 Å². The number of hydrogen-bond acceptors (Lipinski definition) is 10. The predicted molar refractivity (Wildman–Crippen MR) is 170 cm³/mol. The van der Waals surface area contributed by atoms with Gasteiger partial charge in [0.2, 0.25) is 0 Å². The summed E-state index contributed by atoms with van der Waals surface area (Å²) in [5.41, 5.74) is 3.67. The highest BCUT2D eigenvalue weighted by atomic mass is 32.2. The Morgan fingerprint density at radius 1 is 1.00 bits per heavy atom. The van der Waals surface area contributed by atoms with E-state index in [4.69, 9.17) is 9.47 Å². The highest BCUT2D eigenvalue weighted by Crippen LogP contribution is 2.47. The molecule has 0 spiro atoms. The summed E-state index contributed by atoms with van der Waals surface area (Å²) in [6.45, 7) is 5.42. The van der Waals surface area contributed by atoms with E-state index in [9.17, 15) is 19.7 Å². The number of benzene rings is 3. The fourth-order valence-corrected chi connectivity index (χ4v) is 6.80. The van der Waals surface area contributed by atoms with Crippen molar-refractivity contribution in [3.63, 3.8) is 0 Å². The van der Waals surface area contributed by atoms with E-state index in [1.807, 2.05) is 31.3 Å². The van der Waals surface area contributed by atoms with Crippen molar-refractivity contribution in [3.05, 3.63) is 99.7 Å². The first-order chi connectivity index (χ1) is 21.2. The van der Waals surface area contributed by atoms with Gasteiger partial charge in [0.15, 0.2) is 0 Å². The Morgan fingerprint density at radius 2 is 1.66 bits per heavy atom. The van der Waals surface area contributed by atoms with Gasteiger partial charge in [-0.1, -0.05) is 48.2 Å². The molecule has 10 nitrogen and oxygen atoms in total. The molecule has 5 rings (SSSR count). The maximum Gasteiger partial charge on any atom is 0.336 e. The van der Waals surface area contributed by atoms with Gasteiger partial charge in [0.1, 0.15) is 12.5 Å². The Kier molecular flexibility index (Phi) is 9.46. The van der Waals surface area contributed by atoms with E-state index in [0.717, 1.165) is 13.1 Å². The highest BCUT2D eigenvalue weighted by Gasteiger charge is 2.42. The molecule has 3 aromatic rings. The number of anilines is 2. The average Bonchev–Trinajstić information content (AvgIpc) is 3.02. The van der Waals surface area contributed by atoms with Crippen LogP contribution in [0.3, 0.4) is 0 Å². The number of rotatable bonds is 10. The van der Waals surface area contributed by atoms with Gasteiger partial charge in [0.05, 0.1) is 29.0 Å². The maximum absolute atomic E-state index is 13.6. The zero-order valence-electron chi connectivity index (χ0n) is 25.1. The summed E-state index contributed by atoms with van der Waals surface area (Å²) in [6, 6.07) is 22.6. The van der Waals surface area contributed by atoms with Crippen molar-refractivity contribution in [2.45, 2.75) is 29.6 Å². The van der Waals surface area contributed by atoms with Gasteiger partial charge in [0, 0.05) is 58.9 Å². The molecule has 3 aromatic carbocycles. The fraction of sp³-hybridized carbons (Fsp3) is 0.303. The number of fused-ring (bicyclic) bond motifs is 2. The summed E-state index contributed by atoms with van der Waals surface area (Å²) < 4.78 is 10.8. The number of para-hydroxylation sites is 2. The third kappa shape index (κ3) is 6.39. The molecule has 2 aliphatic rings. The molecule has 11 heteroatoms. The first-order valence-corrected chi connectivity index (χ1v) is 15.1. The molecule has 0 amide bonds. The second kappa shape index (κ2) is 13.4. The Morgan fingerprint density at radius 3 is 2.30 bits per heavy atom. The molecule has 0 N–H and O–H groups in total. The Bertz CT molecular complexity index is 1610. The molecule has 0 aliphatic carbocycles. The van der Waals surface area contributed by atoms with Gasteiger partial charge < -0.3 is 19.3 Å². The van der Waals surface area contributed by atoms with E-state index in [2.05, 4.69) is 39.1 Å². The SMILES string of the molecule is COC(=O)C1C(C)=NC(C)=C(C(=O)OCCN(C)CCN2c3ccccc3Sc3ccccc32)C1c1cccc([N+](=O)[O-])c1. The number of ether oxygens (including phenoxy) is 2. The van der Waals surface area contributed by atoms with Crippen LogP contribution in [0.4, 0.5) is 17.1 Å². The van der Waals surface area contributed by atoms with Crippen LogP contribution in [0.15, 0.2) is 98.8 Å². The second-order valence-corrected chi connectivity index (χ2v) is 11.8. The number of esters is 2. The molecule has 2 unspecified atom stereocenters. The molecule has 0 saturated heterocycles. The maximum atomic E-state index is 13.6. The summed E-state index contributed by atoms with van der Waals surface area (Å²) in [5, 5.41) is 11.5. The third-order valence-corrected chi connectivity index (χ3v) is 9.02. The van der Waals surface area contributed by atoms with Crippen LogP contribution < -0.4 is 4.90 Å². The first-order valence-electron chi connectivity index (χ1n) is 14.3. The predicted octanol–water partition coefficient (Wildman–Crippen LogP) is 5.99. The number of non-ortho nitro benzene ring substituents is 1. The monoisotopic (exact) mass is 614 g/mol. The summed E-state index contributed by atoms with van der Waals surface area (Å²) in [5.74, 6) is -2.97. The van der Waals surface area contributed by atoms with Crippen molar-refractivity contribution in [2.24, 2.45) is 10.9 Å². The van der Waals surface area contributed by atoms with Crippen LogP contribution in [-0.4, -0.2) is 67.9 Å². The Balaban J connectivity index is 1.28. The Hall–Kier alpha value is -4.48. The van der Waals surface area contributed by atoms with Gasteiger partial charge in [-0.15, -0.1) is 0 Å². The van der Waals surface area contributed by atoms with Crippen molar-refractivity contribution in [1.82, 2.24) is 4.90 Å². The molecule has 228 valence electrons. The molecule has 44 heavy (non-hydrogen) atoms. The van der Waals surface area contributed by atoms with Gasteiger partial charge in [-0.2, -0.15) is 0 Å². The molecule has 2 atom stereocenters. The van der Waals surface area contributed by atoms with Crippen molar-refractivity contribution >= 4 is 46.5 Å². The van der Waals surface area contributed by atoms with E-state index < -0.39 is 28.7 Å². The molecule has 0 aromatic heterocycles. The number of nitro benzene ring substituents is 1. The van der Waals surface area contributed by atoms with Crippen LogP contribution in [0.1, 0.15) is 25.3 Å². The smallest absolute Gasteiger partial charge is 0.336 e. The number of methoxy groups -OCH3 is 1. The van der Waals surface area contributed by atoms with Crippen LogP contribution in [0, 0.1) is 16.0 Å². The zero-order valence-corrected chi connectivity index (χ0v) is 25.9. The number of hydrogen-bond donors (Lipinski definition) is 0. The second-order valence-electron chi connectivity index (χ2n) is 10.7. The lowest BCUT2D eigenvalue weighted by Gasteiger charge is -2.34. The summed E-state index contributed by atoms with van der Waals surface area (Å²) in [6.07, 6.45) is 0. The lowest BCUT2D eigenvalue weighted by molar-refractivity contribution is -0.384. The van der Waals surface area contributed by atoms with Gasteiger partial charge in [-0.25, -0.2) is 4.79 Å². The molecule has 0 bridgehead atoms. The minimum absolute atomic E-state index is 0.113. The molecule has 2 heterocycles. The number of carbonyl (C=O) groups is 2. The van der Waals surface area contributed by atoms with Gasteiger partial charge in [-0.05, 0) is 50.7 Å². The van der Waals surface area contributed by atoms with Gasteiger partial charge >= 0.3 is 11.9 Å². The largest absolute Gasteiger partial charge is 0.468 e. The highest BCUT2D eigenvalue weighted by molar-refractivity contribution is 7.99. The van der Waals surface area contributed by atoms with E-state index in [1.165, 1.54) is 46.5 Å². The number of allylic oxidation sites excluding steroid dienone is 1. The van der Waals surface area contributed by atoms with E-state index in [0.29, 0.717) is 23.5 Å². The number of nitro groups is 1. The number of aliphatic imine (C=N–C) groups is 1. The molecule has 2 aliphatic heterocycles. The molecule has 0 radical (unpaired) electrons. The molecular weight excluding hydrogens is 580 g/mol. The number of carbonyl (C=O) groups excluding carboxylic acids is 2. The minimum Gasteiger partial charge on any atom is -0.468 e.